The maximum Gasteiger partial charge on any atom is 0.233 e. The van der Waals surface area contributed by atoms with Gasteiger partial charge in [0.1, 0.15) is 0 Å². The third kappa shape index (κ3) is 4.48. The van der Waals surface area contributed by atoms with Gasteiger partial charge in [-0.25, -0.2) is 8.42 Å². The summed E-state index contributed by atoms with van der Waals surface area (Å²) in [5.74, 6) is 0.282. The zero-order chi connectivity index (χ0) is 13.1. The number of sulfonamides is 1. The zero-order valence-corrected chi connectivity index (χ0v) is 12.9. The quantitative estimate of drug-likeness (QED) is 0.835. The highest BCUT2D eigenvalue weighted by Gasteiger charge is 2.16. The van der Waals surface area contributed by atoms with Gasteiger partial charge in [-0.15, -0.1) is 11.6 Å². The number of nitrogens with one attached hydrogen (secondary N) is 1. The second kappa shape index (κ2) is 6.07. The summed E-state index contributed by atoms with van der Waals surface area (Å²) in [5, 5.41) is 0. The molecule has 0 aliphatic rings. The van der Waals surface area contributed by atoms with Gasteiger partial charge >= 0.3 is 0 Å². The maximum absolute atomic E-state index is 11.8. The van der Waals surface area contributed by atoms with Gasteiger partial charge in [0.05, 0.1) is 11.4 Å². The molecule has 1 rings (SSSR count). The van der Waals surface area contributed by atoms with Crippen LogP contribution in [-0.4, -0.2) is 20.1 Å². The lowest BCUT2D eigenvalue weighted by Crippen LogP contribution is -2.22. The number of rotatable bonds is 5. The summed E-state index contributed by atoms with van der Waals surface area (Å²) in [5.41, 5.74) is 1.54. The molecule has 1 aromatic rings. The van der Waals surface area contributed by atoms with Crippen molar-refractivity contribution >= 4 is 43.2 Å². The molecular weight excluding hydrogens is 326 g/mol. The summed E-state index contributed by atoms with van der Waals surface area (Å²) in [6.07, 6.45) is 0. The van der Waals surface area contributed by atoms with Gasteiger partial charge in [0.25, 0.3) is 0 Å². The number of hydrogen-bond donors (Lipinski definition) is 1. The highest BCUT2D eigenvalue weighted by molar-refractivity contribution is 9.10. The first-order valence-electron chi connectivity index (χ1n) is 5.17. The Bertz CT molecular complexity index is 490. The second-order valence-electron chi connectivity index (χ2n) is 4.08. The summed E-state index contributed by atoms with van der Waals surface area (Å²) in [6.45, 7) is 3.71. The van der Waals surface area contributed by atoms with E-state index in [9.17, 15) is 8.42 Å². The monoisotopic (exact) mass is 339 g/mol. The van der Waals surface area contributed by atoms with E-state index in [2.05, 4.69) is 20.7 Å². The number of halogens is 2. The van der Waals surface area contributed by atoms with Crippen LogP contribution in [0.3, 0.4) is 0 Å². The highest BCUT2D eigenvalue weighted by Crippen LogP contribution is 2.26. The lowest BCUT2D eigenvalue weighted by atomic mass is 10.2. The van der Waals surface area contributed by atoms with E-state index in [1.54, 1.807) is 13.0 Å². The number of benzene rings is 1. The number of hydrogen-bond acceptors (Lipinski definition) is 2. The molecule has 0 spiro atoms. The van der Waals surface area contributed by atoms with E-state index < -0.39 is 10.0 Å². The molecule has 96 valence electrons. The molecule has 3 nitrogen and oxygen atoms in total. The van der Waals surface area contributed by atoms with E-state index in [0.29, 0.717) is 11.6 Å². The van der Waals surface area contributed by atoms with Gasteiger partial charge in [-0.1, -0.05) is 19.1 Å². The molecular formula is C11H15BrClNO2S. The van der Waals surface area contributed by atoms with Gasteiger partial charge in [0.15, 0.2) is 0 Å². The molecule has 1 N–H and O–H groups in total. The van der Waals surface area contributed by atoms with E-state index in [4.69, 9.17) is 11.6 Å². The molecule has 6 heteroatoms. The van der Waals surface area contributed by atoms with Crippen molar-refractivity contribution in [3.63, 3.8) is 0 Å². The molecule has 17 heavy (non-hydrogen) atoms. The normalized spacial score (nSPS) is 13.4. The third-order valence-electron chi connectivity index (χ3n) is 2.22. The zero-order valence-electron chi connectivity index (χ0n) is 9.70. The standard InChI is InChI=1S/C11H15BrClNO2S/c1-8(6-13)7-17(15,16)14-10-5-3-4-9(2)11(10)12/h3-5,8,14H,6-7H2,1-2H3. The Hall–Kier alpha value is -0.260. The fourth-order valence-corrected chi connectivity index (χ4v) is 3.54. The van der Waals surface area contributed by atoms with Crippen LogP contribution in [0, 0.1) is 12.8 Å². The highest BCUT2D eigenvalue weighted by atomic mass is 79.9. The molecule has 0 heterocycles. The molecule has 0 saturated carbocycles. The molecule has 1 unspecified atom stereocenters. The Morgan fingerprint density at radius 2 is 2.12 bits per heavy atom. The maximum atomic E-state index is 11.8. The van der Waals surface area contributed by atoms with Gasteiger partial charge in [0.2, 0.25) is 10.0 Å². The summed E-state index contributed by atoms with van der Waals surface area (Å²) in [4.78, 5) is 0. The minimum absolute atomic E-state index is 0.0247. The van der Waals surface area contributed by atoms with Gasteiger partial charge in [0, 0.05) is 10.4 Å². The molecule has 0 fully saturated rings. The van der Waals surface area contributed by atoms with Crippen molar-refractivity contribution in [2.75, 3.05) is 16.4 Å². The van der Waals surface area contributed by atoms with Crippen molar-refractivity contribution in [1.29, 1.82) is 0 Å². The second-order valence-corrected chi connectivity index (χ2v) is 6.95. The Morgan fingerprint density at radius 1 is 1.47 bits per heavy atom. The summed E-state index contributed by atoms with van der Waals surface area (Å²) in [6, 6.07) is 5.44. The van der Waals surface area contributed by atoms with Crippen LogP contribution in [0.25, 0.3) is 0 Å². The minimum Gasteiger partial charge on any atom is -0.282 e. The van der Waals surface area contributed by atoms with E-state index in [-0.39, 0.29) is 11.7 Å². The van der Waals surface area contributed by atoms with Crippen LogP contribution in [0.4, 0.5) is 5.69 Å². The molecule has 0 radical (unpaired) electrons. The van der Waals surface area contributed by atoms with Crippen molar-refractivity contribution in [2.24, 2.45) is 5.92 Å². The minimum atomic E-state index is -3.35. The van der Waals surface area contributed by atoms with Gasteiger partial charge < -0.3 is 0 Å². The third-order valence-corrected chi connectivity index (χ3v) is 5.34. The summed E-state index contributed by atoms with van der Waals surface area (Å²) in [7, 11) is -3.35. The Morgan fingerprint density at radius 3 is 2.71 bits per heavy atom. The Kier molecular flexibility index (Phi) is 5.28. The van der Waals surface area contributed by atoms with Crippen molar-refractivity contribution in [2.45, 2.75) is 13.8 Å². The fraction of sp³-hybridized carbons (Fsp3) is 0.455. The van der Waals surface area contributed by atoms with Crippen molar-refractivity contribution in [3.05, 3.63) is 28.2 Å². The molecule has 0 bridgehead atoms. The fourth-order valence-electron chi connectivity index (χ4n) is 1.35. The van der Waals surface area contributed by atoms with Gasteiger partial charge in [-0.3, -0.25) is 4.72 Å². The molecule has 0 aromatic heterocycles. The van der Waals surface area contributed by atoms with Crippen molar-refractivity contribution in [1.82, 2.24) is 0 Å². The molecule has 0 aliphatic heterocycles. The van der Waals surface area contributed by atoms with Crippen LogP contribution in [0.1, 0.15) is 12.5 Å². The van der Waals surface area contributed by atoms with Gasteiger partial charge in [-0.2, -0.15) is 0 Å². The first kappa shape index (κ1) is 14.8. The molecule has 0 saturated heterocycles. The van der Waals surface area contributed by atoms with Crippen LogP contribution in [0.5, 0.6) is 0 Å². The van der Waals surface area contributed by atoms with Crippen LogP contribution in [-0.2, 0) is 10.0 Å². The number of anilines is 1. The summed E-state index contributed by atoms with van der Waals surface area (Å²) >= 11 is 8.98. The largest absolute Gasteiger partial charge is 0.282 e. The van der Waals surface area contributed by atoms with E-state index >= 15 is 0 Å². The molecule has 1 aromatic carbocycles. The Labute approximate surface area is 116 Å². The first-order chi connectivity index (χ1) is 7.85. The van der Waals surface area contributed by atoms with E-state index in [1.165, 1.54) is 0 Å². The van der Waals surface area contributed by atoms with E-state index in [0.717, 1.165) is 10.0 Å². The summed E-state index contributed by atoms with van der Waals surface area (Å²) < 4.78 is 27.0. The van der Waals surface area contributed by atoms with Crippen LogP contribution >= 0.6 is 27.5 Å². The van der Waals surface area contributed by atoms with Crippen molar-refractivity contribution < 1.29 is 8.42 Å². The van der Waals surface area contributed by atoms with Crippen LogP contribution < -0.4 is 4.72 Å². The SMILES string of the molecule is Cc1cccc(NS(=O)(=O)CC(C)CCl)c1Br. The van der Waals surface area contributed by atoms with E-state index in [1.807, 2.05) is 19.1 Å². The number of alkyl halides is 1. The predicted octanol–water partition coefficient (Wildman–Crippen LogP) is 3.37. The smallest absolute Gasteiger partial charge is 0.233 e. The van der Waals surface area contributed by atoms with Crippen molar-refractivity contribution in [3.8, 4) is 0 Å². The predicted molar refractivity (Wildman–Crippen MR) is 76.2 cm³/mol. The van der Waals surface area contributed by atoms with Crippen LogP contribution in [0.15, 0.2) is 22.7 Å². The van der Waals surface area contributed by atoms with Gasteiger partial charge in [-0.05, 0) is 40.4 Å². The molecule has 1 atom stereocenters. The Balaban J connectivity index is 2.87. The first-order valence-corrected chi connectivity index (χ1v) is 8.15. The topological polar surface area (TPSA) is 46.2 Å². The lowest BCUT2D eigenvalue weighted by Gasteiger charge is -2.13. The lowest BCUT2D eigenvalue weighted by molar-refractivity contribution is 0.588. The molecule has 0 aliphatic carbocycles. The average Bonchev–Trinajstić information content (AvgIpc) is 2.23. The number of aryl methyl sites for hydroxylation is 1. The van der Waals surface area contributed by atoms with Crippen LogP contribution in [0.2, 0.25) is 0 Å². The molecule has 0 amide bonds. The average molecular weight is 341 g/mol.